The predicted octanol–water partition coefficient (Wildman–Crippen LogP) is -1.22. The lowest BCUT2D eigenvalue weighted by molar-refractivity contribution is -0.261. The molecule has 5 heteroatoms. The Bertz CT molecular complexity index is 129. The fourth-order valence-corrected chi connectivity index (χ4v) is 1.01. The van der Waals surface area contributed by atoms with Gasteiger partial charge in [0.15, 0.2) is 12.5 Å². The highest BCUT2D eigenvalue weighted by atomic mass is 19.1. The van der Waals surface area contributed by atoms with Crippen molar-refractivity contribution in [2.45, 2.75) is 37.7 Å². The zero-order valence-corrected chi connectivity index (χ0v) is 6.01. The fourth-order valence-electron chi connectivity index (χ4n) is 1.01. The Hall–Kier alpha value is -0.230. The lowest BCUT2D eigenvalue weighted by atomic mass is 10.0. The third-order valence-electron chi connectivity index (χ3n) is 1.78. The number of aliphatic hydroxyl groups excluding tert-OH is 3. The first-order valence-corrected chi connectivity index (χ1v) is 3.37. The Kier molecular flexibility index (Phi) is 2.43. The maximum absolute atomic E-state index is 12.6. The number of hydrogen-bond acceptors (Lipinski definition) is 4. The molecule has 0 spiro atoms. The molecule has 0 amide bonds. The van der Waals surface area contributed by atoms with Crippen molar-refractivity contribution < 1.29 is 24.4 Å². The molecule has 1 heterocycles. The van der Waals surface area contributed by atoms with Crippen LogP contribution in [0.5, 0.6) is 0 Å². The second-order valence-electron chi connectivity index (χ2n) is 2.66. The van der Waals surface area contributed by atoms with E-state index in [1.807, 2.05) is 0 Å². The maximum atomic E-state index is 12.6. The summed E-state index contributed by atoms with van der Waals surface area (Å²) in [5.41, 5.74) is 0. The molecule has 66 valence electrons. The van der Waals surface area contributed by atoms with E-state index in [0.717, 1.165) is 0 Å². The first-order chi connectivity index (χ1) is 5.04. The molecule has 0 aliphatic carbocycles. The molecule has 0 aromatic heterocycles. The largest absolute Gasteiger partial charge is 0.388 e. The molecule has 0 aromatic carbocycles. The molecule has 11 heavy (non-hydrogen) atoms. The van der Waals surface area contributed by atoms with Gasteiger partial charge in [0.2, 0.25) is 0 Å². The van der Waals surface area contributed by atoms with E-state index >= 15 is 0 Å². The van der Waals surface area contributed by atoms with Gasteiger partial charge in [-0.2, -0.15) is 0 Å². The van der Waals surface area contributed by atoms with Crippen LogP contribution in [0.3, 0.4) is 0 Å². The van der Waals surface area contributed by atoms with Gasteiger partial charge in [-0.1, -0.05) is 0 Å². The molecule has 5 unspecified atom stereocenters. The third-order valence-corrected chi connectivity index (χ3v) is 1.78. The van der Waals surface area contributed by atoms with Crippen molar-refractivity contribution in [1.82, 2.24) is 0 Å². The van der Waals surface area contributed by atoms with E-state index < -0.39 is 30.8 Å². The number of alkyl halides is 1. The van der Waals surface area contributed by atoms with Crippen molar-refractivity contribution in [3.8, 4) is 0 Å². The first-order valence-electron chi connectivity index (χ1n) is 3.37. The van der Waals surface area contributed by atoms with E-state index in [1.54, 1.807) is 0 Å². The van der Waals surface area contributed by atoms with Crippen molar-refractivity contribution in [1.29, 1.82) is 0 Å². The normalized spacial score (nSPS) is 52.6. The summed E-state index contributed by atoms with van der Waals surface area (Å²) in [6, 6.07) is 0. The Morgan fingerprint density at radius 1 is 1.18 bits per heavy atom. The Balaban J connectivity index is 2.63. The van der Waals surface area contributed by atoms with Crippen LogP contribution in [0, 0.1) is 0 Å². The Morgan fingerprint density at radius 3 is 2.27 bits per heavy atom. The van der Waals surface area contributed by atoms with Gasteiger partial charge in [0.1, 0.15) is 12.2 Å². The number of aliphatic hydroxyl groups is 3. The van der Waals surface area contributed by atoms with Gasteiger partial charge in [-0.25, -0.2) is 4.39 Å². The molecule has 4 nitrogen and oxygen atoms in total. The standard InChI is InChI=1S/C6H11FO4/c1-2-4(8)5(9)3(7)6(10)11-2/h2-6,8-10H,1H3. The Labute approximate surface area is 63.2 Å². The number of halogens is 1. The molecule has 0 saturated carbocycles. The first kappa shape index (κ1) is 8.86. The van der Waals surface area contributed by atoms with E-state index in [-0.39, 0.29) is 0 Å². The van der Waals surface area contributed by atoms with Crippen LogP contribution in [0.25, 0.3) is 0 Å². The summed E-state index contributed by atoms with van der Waals surface area (Å²) >= 11 is 0. The third kappa shape index (κ3) is 1.51. The summed E-state index contributed by atoms with van der Waals surface area (Å²) in [5, 5.41) is 26.7. The average molecular weight is 166 g/mol. The van der Waals surface area contributed by atoms with Crippen LogP contribution in [0.2, 0.25) is 0 Å². The van der Waals surface area contributed by atoms with Crippen LogP contribution < -0.4 is 0 Å². The van der Waals surface area contributed by atoms with Crippen LogP contribution in [-0.2, 0) is 4.74 Å². The number of hydrogen-bond donors (Lipinski definition) is 3. The van der Waals surface area contributed by atoms with Gasteiger partial charge in [-0.05, 0) is 6.92 Å². The maximum Gasteiger partial charge on any atom is 0.189 e. The molecular weight excluding hydrogens is 155 g/mol. The van der Waals surface area contributed by atoms with Gasteiger partial charge in [-0.15, -0.1) is 0 Å². The molecule has 5 atom stereocenters. The second-order valence-corrected chi connectivity index (χ2v) is 2.66. The lowest BCUT2D eigenvalue weighted by Gasteiger charge is -2.35. The molecule has 3 N–H and O–H groups in total. The molecule has 0 bridgehead atoms. The van der Waals surface area contributed by atoms with Crippen LogP contribution in [-0.4, -0.2) is 46.1 Å². The molecule has 1 aliphatic heterocycles. The quantitative estimate of drug-likeness (QED) is 0.422. The summed E-state index contributed by atoms with van der Waals surface area (Å²) in [7, 11) is 0. The molecule has 1 rings (SSSR count). The van der Waals surface area contributed by atoms with Gasteiger partial charge in [0.25, 0.3) is 0 Å². The van der Waals surface area contributed by atoms with Crippen molar-refractivity contribution in [3.05, 3.63) is 0 Å². The number of rotatable bonds is 0. The van der Waals surface area contributed by atoms with Crippen molar-refractivity contribution in [2.75, 3.05) is 0 Å². The Morgan fingerprint density at radius 2 is 1.73 bits per heavy atom. The summed E-state index contributed by atoms with van der Waals surface area (Å²) in [5.74, 6) is 0. The van der Waals surface area contributed by atoms with Gasteiger partial charge in [-0.3, -0.25) is 0 Å². The van der Waals surface area contributed by atoms with Crippen LogP contribution >= 0.6 is 0 Å². The summed E-state index contributed by atoms with van der Waals surface area (Å²) < 4.78 is 17.2. The monoisotopic (exact) mass is 166 g/mol. The average Bonchev–Trinajstić information content (AvgIpc) is 1.97. The summed E-state index contributed by atoms with van der Waals surface area (Å²) in [4.78, 5) is 0. The minimum absolute atomic E-state index is 0.744. The van der Waals surface area contributed by atoms with E-state index in [0.29, 0.717) is 0 Å². The summed E-state index contributed by atoms with van der Waals surface area (Å²) in [6.07, 6.45) is -7.14. The number of ether oxygens (including phenoxy) is 1. The fraction of sp³-hybridized carbons (Fsp3) is 1.00. The zero-order valence-electron chi connectivity index (χ0n) is 6.01. The topological polar surface area (TPSA) is 69.9 Å². The molecular formula is C6H11FO4. The minimum atomic E-state index is -1.93. The van der Waals surface area contributed by atoms with E-state index in [9.17, 15) is 4.39 Å². The SMILES string of the molecule is CC1OC(O)C(F)C(O)C1O. The molecule has 0 aromatic rings. The highest BCUT2D eigenvalue weighted by Crippen LogP contribution is 2.21. The van der Waals surface area contributed by atoms with Crippen molar-refractivity contribution >= 4 is 0 Å². The highest BCUT2D eigenvalue weighted by molar-refractivity contribution is 4.86. The predicted molar refractivity (Wildman–Crippen MR) is 33.5 cm³/mol. The van der Waals surface area contributed by atoms with Crippen molar-refractivity contribution in [3.63, 3.8) is 0 Å². The highest BCUT2D eigenvalue weighted by Gasteiger charge is 2.42. The van der Waals surface area contributed by atoms with E-state index in [2.05, 4.69) is 4.74 Å². The van der Waals surface area contributed by atoms with Gasteiger partial charge in [0, 0.05) is 0 Å². The molecule has 1 aliphatic rings. The van der Waals surface area contributed by atoms with Gasteiger partial charge >= 0.3 is 0 Å². The molecule has 1 saturated heterocycles. The molecule has 0 radical (unpaired) electrons. The van der Waals surface area contributed by atoms with E-state index in [4.69, 9.17) is 15.3 Å². The van der Waals surface area contributed by atoms with Crippen LogP contribution in [0.15, 0.2) is 0 Å². The molecule has 1 fully saturated rings. The van der Waals surface area contributed by atoms with Gasteiger partial charge in [0.05, 0.1) is 6.10 Å². The van der Waals surface area contributed by atoms with Crippen LogP contribution in [0.1, 0.15) is 6.92 Å². The zero-order chi connectivity index (χ0) is 8.59. The van der Waals surface area contributed by atoms with Crippen molar-refractivity contribution in [2.24, 2.45) is 0 Å². The van der Waals surface area contributed by atoms with E-state index in [1.165, 1.54) is 6.92 Å². The smallest absolute Gasteiger partial charge is 0.189 e. The lowest BCUT2D eigenvalue weighted by Crippen LogP contribution is -2.54. The van der Waals surface area contributed by atoms with Crippen LogP contribution in [0.4, 0.5) is 4.39 Å². The minimum Gasteiger partial charge on any atom is -0.388 e. The second kappa shape index (κ2) is 3.02. The summed E-state index contributed by atoms with van der Waals surface area (Å²) in [6.45, 7) is 1.45. The van der Waals surface area contributed by atoms with Gasteiger partial charge < -0.3 is 20.1 Å².